The van der Waals surface area contributed by atoms with Crippen LogP contribution < -0.4 is 16.4 Å². The Kier molecular flexibility index (Phi) is 4.74. The average molecular weight is 336 g/mol. The van der Waals surface area contributed by atoms with Gasteiger partial charge in [-0.25, -0.2) is 4.79 Å². The summed E-state index contributed by atoms with van der Waals surface area (Å²) in [5, 5.41) is 5.75. The maximum atomic E-state index is 12.3. The Morgan fingerprint density at radius 3 is 2.70 bits per heavy atom. The van der Waals surface area contributed by atoms with E-state index in [-0.39, 0.29) is 24.1 Å². The number of nitrogens with zero attached hydrogens (tertiary/aromatic N) is 1. The van der Waals surface area contributed by atoms with Crippen molar-refractivity contribution < 1.29 is 14.3 Å². The molecular weight excluding hydrogens is 316 g/mol. The fraction of sp³-hybridized carbons (Fsp3) is 0.400. The minimum Gasteiger partial charge on any atom is -0.444 e. The molecule has 1 aromatic carbocycles. The van der Waals surface area contributed by atoms with E-state index < -0.39 is 11.7 Å². The number of carbonyl (C=O) groups excluding carboxylic acids is 2. The lowest BCUT2D eigenvalue weighted by atomic mass is 10.1. The first-order chi connectivity index (χ1) is 10.6. The number of amides is 2. The van der Waals surface area contributed by atoms with Gasteiger partial charge in [0.05, 0.1) is 6.54 Å². The Hall–Kier alpha value is -2.35. The Labute approximate surface area is 140 Å². The second kappa shape index (κ2) is 6.41. The number of benzene rings is 1. The molecule has 7 nitrogen and oxygen atoms in total. The van der Waals surface area contributed by atoms with E-state index in [0.29, 0.717) is 11.4 Å². The summed E-state index contributed by atoms with van der Waals surface area (Å²) in [4.78, 5) is 25.6. The summed E-state index contributed by atoms with van der Waals surface area (Å²) in [5.74, 6) is -0.273. The number of thiocarbonyl (C=S) groups is 1. The van der Waals surface area contributed by atoms with Crippen molar-refractivity contribution in [2.75, 3.05) is 17.2 Å². The Morgan fingerprint density at radius 2 is 2.09 bits per heavy atom. The largest absolute Gasteiger partial charge is 0.444 e. The summed E-state index contributed by atoms with van der Waals surface area (Å²) >= 11 is 4.81. The molecule has 0 saturated carbocycles. The smallest absolute Gasteiger partial charge is 0.411 e. The molecule has 124 valence electrons. The van der Waals surface area contributed by atoms with Crippen molar-refractivity contribution in [3.05, 3.63) is 23.8 Å². The highest BCUT2D eigenvalue weighted by atomic mass is 32.1. The molecule has 1 aliphatic rings. The predicted octanol–water partition coefficient (Wildman–Crippen LogP) is 2.03. The standard InChI is InChI=1S/C15H20N4O3S/c1-15(2,3)22-14(21)19-7-9-6-10(17-13(16)23)4-5-11(9)18-12(20)8-19/h4-6H,7-8H2,1-3H3,(H,18,20)(H3,16,17,23). The molecule has 1 heterocycles. The third-order valence-electron chi connectivity index (χ3n) is 2.99. The number of hydrogen-bond donors (Lipinski definition) is 3. The van der Waals surface area contributed by atoms with Gasteiger partial charge in [-0.3, -0.25) is 9.69 Å². The Morgan fingerprint density at radius 1 is 1.39 bits per heavy atom. The molecule has 0 aromatic heterocycles. The van der Waals surface area contributed by atoms with Crippen molar-refractivity contribution in [1.82, 2.24) is 4.90 Å². The summed E-state index contributed by atoms with van der Waals surface area (Å²) in [6.45, 7) is 5.51. The van der Waals surface area contributed by atoms with E-state index in [0.717, 1.165) is 5.56 Å². The summed E-state index contributed by atoms with van der Waals surface area (Å²) in [6, 6.07) is 5.28. The molecular formula is C15H20N4O3S. The molecule has 0 bridgehead atoms. The van der Waals surface area contributed by atoms with Crippen LogP contribution in [0.4, 0.5) is 16.2 Å². The SMILES string of the molecule is CC(C)(C)OC(=O)N1CC(=O)Nc2ccc(NC(N)=S)cc2C1. The number of nitrogens with one attached hydrogen (secondary N) is 2. The van der Waals surface area contributed by atoms with Crippen LogP contribution in [0.2, 0.25) is 0 Å². The first-order valence-corrected chi connectivity index (χ1v) is 7.52. The highest BCUT2D eigenvalue weighted by Gasteiger charge is 2.27. The van der Waals surface area contributed by atoms with Crippen LogP contribution in [0.25, 0.3) is 0 Å². The van der Waals surface area contributed by atoms with E-state index in [1.165, 1.54) is 4.90 Å². The molecule has 8 heteroatoms. The molecule has 2 amide bonds. The molecule has 0 unspecified atom stereocenters. The van der Waals surface area contributed by atoms with Crippen molar-refractivity contribution in [3.8, 4) is 0 Å². The van der Waals surface area contributed by atoms with E-state index in [9.17, 15) is 9.59 Å². The lowest BCUT2D eigenvalue weighted by Gasteiger charge is -2.25. The van der Waals surface area contributed by atoms with Gasteiger partial charge in [-0.15, -0.1) is 0 Å². The van der Waals surface area contributed by atoms with Gasteiger partial charge in [0, 0.05) is 11.4 Å². The maximum absolute atomic E-state index is 12.3. The zero-order valence-electron chi connectivity index (χ0n) is 13.3. The van der Waals surface area contributed by atoms with Crippen molar-refractivity contribution in [2.24, 2.45) is 5.73 Å². The zero-order chi connectivity index (χ0) is 17.2. The van der Waals surface area contributed by atoms with E-state index >= 15 is 0 Å². The maximum Gasteiger partial charge on any atom is 0.411 e. The number of rotatable bonds is 1. The second-order valence-corrected chi connectivity index (χ2v) is 6.69. The van der Waals surface area contributed by atoms with Crippen molar-refractivity contribution in [3.63, 3.8) is 0 Å². The Bertz CT molecular complexity index is 655. The van der Waals surface area contributed by atoms with E-state index in [2.05, 4.69) is 10.6 Å². The van der Waals surface area contributed by atoms with Crippen molar-refractivity contribution >= 4 is 40.7 Å². The van der Waals surface area contributed by atoms with E-state index in [4.69, 9.17) is 22.7 Å². The Balaban J connectivity index is 2.26. The summed E-state index contributed by atoms with van der Waals surface area (Å²) in [5.41, 5.74) is 6.94. The lowest BCUT2D eigenvalue weighted by molar-refractivity contribution is -0.117. The zero-order valence-corrected chi connectivity index (χ0v) is 14.1. The summed E-state index contributed by atoms with van der Waals surface area (Å²) < 4.78 is 5.34. The van der Waals surface area contributed by atoms with Crippen molar-refractivity contribution in [1.29, 1.82) is 0 Å². The van der Waals surface area contributed by atoms with E-state index in [1.54, 1.807) is 39.0 Å². The fourth-order valence-corrected chi connectivity index (χ4v) is 2.26. The van der Waals surface area contributed by atoms with Gasteiger partial charge in [0.2, 0.25) is 5.91 Å². The molecule has 0 saturated heterocycles. The minimum absolute atomic E-state index is 0.0678. The van der Waals surface area contributed by atoms with Gasteiger partial charge < -0.3 is 21.1 Å². The van der Waals surface area contributed by atoms with E-state index in [1.807, 2.05) is 0 Å². The molecule has 0 radical (unpaired) electrons. The predicted molar refractivity (Wildman–Crippen MR) is 92.1 cm³/mol. The topological polar surface area (TPSA) is 96.7 Å². The number of ether oxygens (including phenoxy) is 1. The molecule has 2 rings (SSSR count). The van der Waals surface area contributed by atoms with Crippen LogP contribution in [0.1, 0.15) is 26.3 Å². The van der Waals surface area contributed by atoms with Crippen LogP contribution in [0.5, 0.6) is 0 Å². The lowest BCUT2D eigenvalue weighted by Crippen LogP contribution is -2.39. The number of fused-ring (bicyclic) bond motifs is 1. The number of anilines is 2. The molecule has 0 fully saturated rings. The summed E-state index contributed by atoms with van der Waals surface area (Å²) in [6.07, 6.45) is -0.534. The fourth-order valence-electron chi connectivity index (χ4n) is 2.15. The summed E-state index contributed by atoms with van der Waals surface area (Å²) in [7, 11) is 0. The number of carbonyl (C=O) groups is 2. The molecule has 23 heavy (non-hydrogen) atoms. The van der Waals surface area contributed by atoms with Gasteiger partial charge in [-0.05, 0) is 56.8 Å². The van der Waals surface area contributed by atoms with Gasteiger partial charge in [-0.1, -0.05) is 0 Å². The molecule has 1 aromatic rings. The van der Waals surface area contributed by atoms with Crippen LogP contribution in [0.3, 0.4) is 0 Å². The molecule has 0 aliphatic carbocycles. The van der Waals surface area contributed by atoms with Gasteiger partial charge in [0.25, 0.3) is 0 Å². The first-order valence-electron chi connectivity index (χ1n) is 7.11. The van der Waals surface area contributed by atoms with Crippen LogP contribution in [0, 0.1) is 0 Å². The number of nitrogens with two attached hydrogens (primary N) is 1. The molecule has 4 N–H and O–H groups in total. The normalized spacial score (nSPS) is 14.4. The highest BCUT2D eigenvalue weighted by Crippen LogP contribution is 2.25. The number of hydrogen-bond acceptors (Lipinski definition) is 4. The monoisotopic (exact) mass is 336 g/mol. The quantitative estimate of drug-likeness (QED) is 0.679. The second-order valence-electron chi connectivity index (χ2n) is 6.25. The van der Waals surface area contributed by atoms with Crippen LogP contribution in [-0.2, 0) is 16.1 Å². The first kappa shape index (κ1) is 17.0. The van der Waals surface area contributed by atoms with Crippen molar-refractivity contribution in [2.45, 2.75) is 32.9 Å². The van der Waals surface area contributed by atoms with Crippen LogP contribution in [0.15, 0.2) is 18.2 Å². The third kappa shape index (κ3) is 4.82. The molecule has 0 spiro atoms. The van der Waals surface area contributed by atoms with Gasteiger partial charge in [0.1, 0.15) is 12.1 Å². The van der Waals surface area contributed by atoms with Gasteiger partial charge in [-0.2, -0.15) is 0 Å². The highest BCUT2D eigenvalue weighted by molar-refractivity contribution is 7.80. The average Bonchev–Trinajstić information content (AvgIpc) is 2.54. The van der Waals surface area contributed by atoms with Crippen LogP contribution >= 0.6 is 12.2 Å². The third-order valence-corrected chi connectivity index (χ3v) is 3.10. The van der Waals surface area contributed by atoms with Crippen LogP contribution in [-0.4, -0.2) is 34.2 Å². The molecule has 1 aliphatic heterocycles. The van der Waals surface area contributed by atoms with Gasteiger partial charge in [0.15, 0.2) is 5.11 Å². The minimum atomic E-state index is -0.627. The molecule has 0 atom stereocenters. The van der Waals surface area contributed by atoms with Gasteiger partial charge >= 0.3 is 6.09 Å².